The summed E-state index contributed by atoms with van der Waals surface area (Å²) < 4.78 is 32.8. The number of halogens is 2. The Balaban J connectivity index is 1.99. The van der Waals surface area contributed by atoms with E-state index in [0.717, 1.165) is 15.0 Å². The largest absolute Gasteiger partial charge is 0.494 e. The Morgan fingerprint density at radius 2 is 1.90 bits per heavy atom. The number of methoxy groups -OCH3 is 1. The van der Waals surface area contributed by atoms with Crippen molar-refractivity contribution in [2.24, 2.45) is 5.73 Å². The summed E-state index contributed by atoms with van der Waals surface area (Å²) in [5.41, 5.74) is 6.84. The molecule has 1 aromatic heterocycles. The van der Waals surface area contributed by atoms with Crippen LogP contribution in [0.2, 0.25) is 0 Å². The van der Waals surface area contributed by atoms with Crippen LogP contribution in [0, 0.1) is 11.6 Å². The van der Waals surface area contributed by atoms with Crippen LogP contribution in [0.1, 0.15) is 16.5 Å². The average Bonchev–Trinajstić information content (AvgIpc) is 2.89. The normalized spacial score (nSPS) is 12.6. The Bertz CT molecular complexity index is 800. The van der Waals surface area contributed by atoms with Gasteiger partial charge < -0.3 is 10.5 Å². The summed E-state index contributed by atoms with van der Waals surface area (Å²) in [7, 11) is 1.42. The predicted molar refractivity (Wildman–Crippen MR) is 80.8 cm³/mol. The molecule has 3 aromatic rings. The van der Waals surface area contributed by atoms with Gasteiger partial charge in [0.2, 0.25) is 0 Å². The first-order valence-electron chi connectivity index (χ1n) is 6.36. The average molecular weight is 305 g/mol. The highest BCUT2D eigenvalue weighted by Crippen LogP contribution is 2.33. The molecule has 21 heavy (non-hydrogen) atoms. The SMILES string of the molecule is COc1ccc(C(N)c2cc3cc(F)ccc3s2)cc1F. The molecule has 5 heteroatoms. The molecule has 0 radical (unpaired) electrons. The van der Waals surface area contributed by atoms with Crippen molar-refractivity contribution in [1.29, 1.82) is 0 Å². The molecular formula is C16H13F2NOS. The van der Waals surface area contributed by atoms with E-state index in [1.807, 2.05) is 6.07 Å². The Hall–Kier alpha value is -1.98. The van der Waals surface area contributed by atoms with Crippen LogP contribution < -0.4 is 10.5 Å². The number of thiophene rings is 1. The summed E-state index contributed by atoms with van der Waals surface area (Å²) in [4.78, 5) is 0.861. The molecule has 3 rings (SSSR count). The molecule has 0 saturated carbocycles. The first-order valence-corrected chi connectivity index (χ1v) is 7.18. The van der Waals surface area contributed by atoms with Gasteiger partial charge >= 0.3 is 0 Å². The van der Waals surface area contributed by atoms with Gasteiger partial charge in [-0.1, -0.05) is 6.07 Å². The molecule has 0 aliphatic carbocycles. The number of rotatable bonds is 3. The first kappa shape index (κ1) is 14.0. The van der Waals surface area contributed by atoms with Crippen LogP contribution in [0.15, 0.2) is 42.5 Å². The standard InChI is InChI=1S/C16H13F2NOS/c1-20-13-4-2-9(7-12(13)18)16(19)15-8-10-6-11(17)3-5-14(10)21-15/h2-8,16H,19H2,1H3. The summed E-state index contributed by atoms with van der Waals surface area (Å²) in [6, 6.07) is 10.7. The van der Waals surface area contributed by atoms with Crippen LogP contribution in [-0.2, 0) is 0 Å². The number of fused-ring (bicyclic) bond motifs is 1. The van der Waals surface area contributed by atoms with Gasteiger partial charge in [0.25, 0.3) is 0 Å². The monoisotopic (exact) mass is 305 g/mol. The van der Waals surface area contributed by atoms with Crippen LogP contribution in [-0.4, -0.2) is 7.11 Å². The lowest BCUT2D eigenvalue weighted by Gasteiger charge is -2.11. The lowest BCUT2D eigenvalue weighted by molar-refractivity contribution is 0.386. The molecule has 0 spiro atoms. The quantitative estimate of drug-likeness (QED) is 0.785. The molecular weight excluding hydrogens is 292 g/mol. The third kappa shape index (κ3) is 2.62. The van der Waals surface area contributed by atoms with Gasteiger partial charge in [0.05, 0.1) is 13.2 Å². The van der Waals surface area contributed by atoms with Crippen LogP contribution in [0.4, 0.5) is 8.78 Å². The van der Waals surface area contributed by atoms with E-state index in [1.165, 1.54) is 36.6 Å². The molecule has 0 amide bonds. The topological polar surface area (TPSA) is 35.2 Å². The van der Waals surface area contributed by atoms with Crippen molar-refractivity contribution >= 4 is 21.4 Å². The zero-order valence-corrected chi connectivity index (χ0v) is 12.1. The Labute approximate surface area is 124 Å². The zero-order chi connectivity index (χ0) is 15.0. The van der Waals surface area contributed by atoms with Gasteiger partial charge in [-0.05, 0) is 47.3 Å². The molecule has 2 N–H and O–H groups in total. The molecule has 2 aromatic carbocycles. The minimum atomic E-state index is -0.453. The van der Waals surface area contributed by atoms with E-state index in [1.54, 1.807) is 18.2 Å². The maximum atomic E-state index is 13.8. The Morgan fingerprint density at radius 3 is 2.62 bits per heavy atom. The van der Waals surface area contributed by atoms with E-state index in [-0.39, 0.29) is 11.6 Å². The molecule has 0 saturated heterocycles. The highest BCUT2D eigenvalue weighted by Gasteiger charge is 2.15. The zero-order valence-electron chi connectivity index (χ0n) is 11.3. The maximum absolute atomic E-state index is 13.8. The van der Waals surface area contributed by atoms with Gasteiger partial charge in [-0.2, -0.15) is 0 Å². The van der Waals surface area contributed by atoms with E-state index in [9.17, 15) is 8.78 Å². The number of benzene rings is 2. The summed E-state index contributed by atoms with van der Waals surface area (Å²) in [5, 5.41) is 0.805. The van der Waals surface area contributed by atoms with E-state index in [4.69, 9.17) is 10.5 Å². The number of nitrogens with two attached hydrogens (primary N) is 1. The third-order valence-electron chi connectivity index (χ3n) is 3.34. The molecule has 0 aliphatic rings. The van der Waals surface area contributed by atoms with Crippen LogP contribution in [0.5, 0.6) is 5.75 Å². The number of hydrogen-bond donors (Lipinski definition) is 1. The van der Waals surface area contributed by atoms with Crippen molar-refractivity contribution in [3.05, 3.63) is 64.5 Å². The second-order valence-electron chi connectivity index (χ2n) is 4.70. The second kappa shape index (κ2) is 5.42. The minimum Gasteiger partial charge on any atom is -0.494 e. The van der Waals surface area contributed by atoms with E-state index in [0.29, 0.717) is 5.56 Å². The van der Waals surface area contributed by atoms with Gasteiger partial charge in [0.1, 0.15) is 5.82 Å². The molecule has 1 unspecified atom stereocenters. The van der Waals surface area contributed by atoms with Crippen LogP contribution >= 0.6 is 11.3 Å². The number of ether oxygens (including phenoxy) is 1. The van der Waals surface area contributed by atoms with Crippen molar-refractivity contribution in [2.45, 2.75) is 6.04 Å². The van der Waals surface area contributed by atoms with Crippen molar-refractivity contribution in [3.63, 3.8) is 0 Å². The summed E-state index contributed by atoms with van der Waals surface area (Å²) in [5.74, 6) is -0.544. The van der Waals surface area contributed by atoms with Crippen LogP contribution in [0.25, 0.3) is 10.1 Å². The molecule has 0 fully saturated rings. The molecule has 1 atom stereocenters. The van der Waals surface area contributed by atoms with Gasteiger partial charge in [0.15, 0.2) is 11.6 Å². The van der Waals surface area contributed by atoms with E-state index < -0.39 is 11.9 Å². The molecule has 2 nitrogen and oxygen atoms in total. The van der Waals surface area contributed by atoms with Crippen molar-refractivity contribution in [3.8, 4) is 5.75 Å². The van der Waals surface area contributed by atoms with E-state index in [2.05, 4.69) is 0 Å². The Morgan fingerprint density at radius 1 is 1.10 bits per heavy atom. The lowest BCUT2D eigenvalue weighted by atomic mass is 10.1. The minimum absolute atomic E-state index is 0.185. The van der Waals surface area contributed by atoms with Gasteiger partial charge in [-0.3, -0.25) is 0 Å². The lowest BCUT2D eigenvalue weighted by Crippen LogP contribution is -2.10. The second-order valence-corrected chi connectivity index (χ2v) is 5.82. The van der Waals surface area contributed by atoms with Gasteiger partial charge in [0, 0.05) is 9.58 Å². The molecule has 1 heterocycles. The molecule has 108 valence electrons. The highest BCUT2D eigenvalue weighted by molar-refractivity contribution is 7.19. The number of hydrogen-bond acceptors (Lipinski definition) is 3. The Kier molecular flexibility index (Phi) is 3.61. The fourth-order valence-electron chi connectivity index (χ4n) is 2.23. The molecule has 0 aliphatic heterocycles. The maximum Gasteiger partial charge on any atom is 0.165 e. The summed E-state index contributed by atoms with van der Waals surface area (Å²) in [6.45, 7) is 0. The van der Waals surface area contributed by atoms with Crippen molar-refractivity contribution in [1.82, 2.24) is 0 Å². The van der Waals surface area contributed by atoms with Gasteiger partial charge in [-0.15, -0.1) is 11.3 Å². The summed E-state index contributed by atoms with van der Waals surface area (Å²) >= 11 is 1.48. The smallest absolute Gasteiger partial charge is 0.165 e. The molecule has 0 bridgehead atoms. The highest BCUT2D eigenvalue weighted by atomic mass is 32.1. The van der Waals surface area contributed by atoms with Crippen molar-refractivity contribution < 1.29 is 13.5 Å². The summed E-state index contributed by atoms with van der Waals surface area (Å²) in [6.07, 6.45) is 0. The predicted octanol–water partition coefficient (Wildman–Crippen LogP) is 4.24. The fourth-order valence-corrected chi connectivity index (χ4v) is 3.30. The van der Waals surface area contributed by atoms with Gasteiger partial charge in [-0.25, -0.2) is 8.78 Å². The van der Waals surface area contributed by atoms with Crippen LogP contribution in [0.3, 0.4) is 0 Å². The van der Waals surface area contributed by atoms with E-state index >= 15 is 0 Å². The first-order chi connectivity index (χ1) is 10.1. The van der Waals surface area contributed by atoms with Crippen molar-refractivity contribution in [2.75, 3.05) is 7.11 Å². The fraction of sp³-hybridized carbons (Fsp3) is 0.125. The third-order valence-corrected chi connectivity index (χ3v) is 4.54.